The maximum absolute atomic E-state index is 12.0. The van der Waals surface area contributed by atoms with Crippen LogP contribution in [0.15, 0.2) is 28.7 Å². The maximum Gasteiger partial charge on any atom is 0.305 e. The van der Waals surface area contributed by atoms with E-state index < -0.39 is 17.4 Å². The Bertz CT molecular complexity index is 614. The zero-order valence-corrected chi connectivity index (χ0v) is 13.9. The highest BCUT2D eigenvalue weighted by Gasteiger charge is 2.38. The van der Waals surface area contributed by atoms with Gasteiger partial charge in [-0.3, -0.25) is 14.4 Å². The molecule has 0 saturated carbocycles. The number of carboxylic acid groups (broad SMARTS) is 1. The molecule has 3 N–H and O–H groups in total. The van der Waals surface area contributed by atoms with Gasteiger partial charge in [0.25, 0.3) is 5.91 Å². The second-order valence-corrected chi connectivity index (χ2v) is 6.31. The van der Waals surface area contributed by atoms with Gasteiger partial charge in [0.15, 0.2) is 0 Å². The fourth-order valence-electron chi connectivity index (χ4n) is 2.41. The Labute approximate surface area is 141 Å². The molecular weight excluding hydrogens is 368 g/mol. The second-order valence-electron chi connectivity index (χ2n) is 5.39. The third kappa shape index (κ3) is 5.04. The van der Waals surface area contributed by atoms with Crippen LogP contribution in [0.2, 0.25) is 0 Å². The molecule has 2 amide bonds. The smallest absolute Gasteiger partial charge is 0.305 e. The summed E-state index contributed by atoms with van der Waals surface area (Å²) in [6.07, 6.45) is 0.225. The standard InChI is InChI=1S/C15H17BrN2O5/c16-11-3-1-2-10(6-11)14(22)17-8-12(19)18-15(7-13(20)21)4-5-23-9-15/h1-3,6H,4-5,7-9H2,(H,17,22)(H,18,19)(H,20,21). The molecule has 1 fully saturated rings. The minimum atomic E-state index is -1.01. The molecule has 8 heteroatoms. The third-order valence-corrected chi connectivity index (χ3v) is 3.99. The molecule has 1 unspecified atom stereocenters. The summed E-state index contributed by atoms with van der Waals surface area (Å²) in [5.41, 5.74) is -0.472. The van der Waals surface area contributed by atoms with Crippen LogP contribution < -0.4 is 10.6 Å². The van der Waals surface area contributed by atoms with Crippen molar-refractivity contribution >= 4 is 33.7 Å². The van der Waals surface area contributed by atoms with Crippen molar-refractivity contribution in [3.8, 4) is 0 Å². The van der Waals surface area contributed by atoms with E-state index in [1.807, 2.05) is 0 Å². The first-order valence-electron chi connectivity index (χ1n) is 7.04. The van der Waals surface area contributed by atoms with E-state index in [4.69, 9.17) is 9.84 Å². The van der Waals surface area contributed by atoms with Crippen LogP contribution in [0.25, 0.3) is 0 Å². The number of hydrogen-bond acceptors (Lipinski definition) is 4. The molecule has 1 aromatic carbocycles. The summed E-state index contributed by atoms with van der Waals surface area (Å²) < 4.78 is 5.96. The summed E-state index contributed by atoms with van der Waals surface area (Å²) in [5, 5.41) is 14.1. The lowest BCUT2D eigenvalue weighted by molar-refractivity contribution is -0.139. The van der Waals surface area contributed by atoms with E-state index in [-0.39, 0.29) is 25.5 Å². The first-order valence-corrected chi connectivity index (χ1v) is 7.84. The van der Waals surface area contributed by atoms with Gasteiger partial charge in [-0.05, 0) is 24.6 Å². The number of carboxylic acids is 1. The number of carbonyl (C=O) groups excluding carboxylic acids is 2. The number of halogens is 1. The van der Waals surface area contributed by atoms with Crippen molar-refractivity contribution in [2.75, 3.05) is 19.8 Å². The lowest BCUT2D eigenvalue weighted by Gasteiger charge is -2.27. The van der Waals surface area contributed by atoms with Gasteiger partial charge >= 0.3 is 5.97 Å². The van der Waals surface area contributed by atoms with Crippen LogP contribution in [0.3, 0.4) is 0 Å². The molecule has 0 spiro atoms. The van der Waals surface area contributed by atoms with Crippen LogP contribution in [-0.4, -0.2) is 48.2 Å². The van der Waals surface area contributed by atoms with Gasteiger partial charge in [0.1, 0.15) is 0 Å². The van der Waals surface area contributed by atoms with Crippen LogP contribution >= 0.6 is 15.9 Å². The molecule has 7 nitrogen and oxygen atoms in total. The quantitative estimate of drug-likeness (QED) is 0.676. The molecule has 0 aliphatic carbocycles. The highest BCUT2D eigenvalue weighted by atomic mass is 79.9. The minimum Gasteiger partial charge on any atom is -0.481 e. The molecule has 0 aromatic heterocycles. The summed E-state index contributed by atoms with van der Waals surface area (Å²) in [7, 11) is 0. The second kappa shape index (κ2) is 7.56. The highest BCUT2D eigenvalue weighted by molar-refractivity contribution is 9.10. The molecule has 1 aliphatic rings. The zero-order valence-electron chi connectivity index (χ0n) is 12.3. The number of benzene rings is 1. The average Bonchev–Trinajstić information content (AvgIpc) is 2.91. The fourth-order valence-corrected chi connectivity index (χ4v) is 2.81. The number of aliphatic carboxylic acids is 1. The van der Waals surface area contributed by atoms with Crippen molar-refractivity contribution in [3.05, 3.63) is 34.3 Å². The van der Waals surface area contributed by atoms with Gasteiger partial charge in [0, 0.05) is 16.6 Å². The third-order valence-electron chi connectivity index (χ3n) is 3.49. The number of hydrogen-bond donors (Lipinski definition) is 3. The van der Waals surface area contributed by atoms with Gasteiger partial charge in [-0.2, -0.15) is 0 Å². The SMILES string of the molecule is O=C(O)CC1(NC(=O)CNC(=O)c2cccc(Br)c2)CCOC1. The summed E-state index contributed by atoms with van der Waals surface area (Å²) in [6.45, 7) is 0.329. The first-order chi connectivity index (χ1) is 10.9. The zero-order chi connectivity index (χ0) is 16.9. The average molecular weight is 385 g/mol. The van der Waals surface area contributed by atoms with Crippen LogP contribution in [0.5, 0.6) is 0 Å². The molecule has 2 rings (SSSR count). The molecule has 124 valence electrons. The molecule has 23 heavy (non-hydrogen) atoms. The van der Waals surface area contributed by atoms with Gasteiger partial charge in [-0.25, -0.2) is 0 Å². The predicted octanol–water partition coefficient (Wildman–Crippen LogP) is 0.929. The van der Waals surface area contributed by atoms with Crippen molar-refractivity contribution in [2.24, 2.45) is 0 Å². The first kappa shape index (κ1) is 17.4. The van der Waals surface area contributed by atoms with E-state index >= 15 is 0 Å². The van der Waals surface area contributed by atoms with E-state index in [2.05, 4.69) is 26.6 Å². The van der Waals surface area contributed by atoms with Crippen molar-refractivity contribution in [3.63, 3.8) is 0 Å². The molecule has 1 heterocycles. The minimum absolute atomic E-state index is 0.157. The van der Waals surface area contributed by atoms with Crippen LogP contribution in [0.1, 0.15) is 23.2 Å². The number of ether oxygens (including phenoxy) is 1. The summed E-state index contributed by atoms with van der Waals surface area (Å²) in [4.78, 5) is 34.9. The van der Waals surface area contributed by atoms with E-state index in [9.17, 15) is 14.4 Å². The Morgan fingerprint density at radius 1 is 1.35 bits per heavy atom. The predicted molar refractivity (Wildman–Crippen MR) is 85.0 cm³/mol. The largest absolute Gasteiger partial charge is 0.481 e. The summed E-state index contributed by atoms with van der Waals surface area (Å²) >= 11 is 3.27. The summed E-state index contributed by atoms with van der Waals surface area (Å²) in [6, 6.07) is 6.79. The molecule has 1 saturated heterocycles. The van der Waals surface area contributed by atoms with Gasteiger partial charge in [0.05, 0.1) is 25.1 Å². The van der Waals surface area contributed by atoms with Crippen molar-refractivity contribution in [1.29, 1.82) is 0 Å². The molecule has 0 radical (unpaired) electrons. The lowest BCUT2D eigenvalue weighted by Crippen LogP contribution is -2.53. The van der Waals surface area contributed by atoms with E-state index in [0.29, 0.717) is 18.6 Å². The Kier molecular flexibility index (Phi) is 5.73. The van der Waals surface area contributed by atoms with E-state index in [1.165, 1.54) is 0 Å². The highest BCUT2D eigenvalue weighted by Crippen LogP contribution is 2.22. The van der Waals surface area contributed by atoms with Crippen LogP contribution in [0.4, 0.5) is 0 Å². The van der Waals surface area contributed by atoms with Crippen LogP contribution in [-0.2, 0) is 14.3 Å². The summed E-state index contributed by atoms with van der Waals surface area (Å²) in [5.74, 6) is -1.83. The van der Waals surface area contributed by atoms with E-state index in [0.717, 1.165) is 4.47 Å². The molecular formula is C15H17BrN2O5. The molecule has 1 atom stereocenters. The maximum atomic E-state index is 12.0. The fraction of sp³-hybridized carbons (Fsp3) is 0.400. The van der Waals surface area contributed by atoms with Crippen molar-refractivity contribution in [1.82, 2.24) is 10.6 Å². The topological polar surface area (TPSA) is 105 Å². The molecule has 1 aliphatic heterocycles. The number of rotatable bonds is 6. The lowest BCUT2D eigenvalue weighted by atomic mass is 9.94. The van der Waals surface area contributed by atoms with Gasteiger partial charge < -0.3 is 20.5 Å². The number of amides is 2. The number of carbonyl (C=O) groups is 3. The Hall–Kier alpha value is -1.93. The Morgan fingerprint density at radius 2 is 2.13 bits per heavy atom. The molecule has 0 bridgehead atoms. The van der Waals surface area contributed by atoms with Crippen LogP contribution in [0, 0.1) is 0 Å². The Morgan fingerprint density at radius 3 is 2.74 bits per heavy atom. The van der Waals surface area contributed by atoms with E-state index in [1.54, 1.807) is 24.3 Å². The monoisotopic (exact) mass is 384 g/mol. The van der Waals surface area contributed by atoms with Gasteiger partial charge in [0.2, 0.25) is 5.91 Å². The van der Waals surface area contributed by atoms with Gasteiger partial charge in [-0.15, -0.1) is 0 Å². The van der Waals surface area contributed by atoms with Gasteiger partial charge in [-0.1, -0.05) is 22.0 Å². The number of nitrogens with one attached hydrogen (secondary N) is 2. The Balaban J connectivity index is 1.89. The van der Waals surface area contributed by atoms with Crippen molar-refractivity contribution < 1.29 is 24.2 Å². The normalized spacial score (nSPS) is 20.0. The molecule has 1 aromatic rings. The van der Waals surface area contributed by atoms with Crippen molar-refractivity contribution in [2.45, 2.75) is 18.4 Å².